The normalized spacial score (nSPS) is 19.1. The van der Waals surface area contributed by atoms with E-state index >= 15 is 0 Å². The first-order valence-corrected chi connectivity index (χ1v) is 6.21. The van der Waals surface area contributed by atoms with Gasteiger partial charge < -0.3 is 4.90 Å². The Morgan fingerprint density at radius 2 is 1.47 bits per heavy atom. The van der Waals surface area contributed by atoms with Gasteiger partial charge in [0.25, 0.3) is 5.91 Å². The van der Waals surface area contributed by atoms with Crippen LogP contribution in [0.25, 0.3) is 0 Å². The van der Waals surface area contributed by atoms with Gasteiger partial charge >= 0.3 is 0 Å². The molecule has 2 rings (SSSR count). The fraction of sp³-hybridized carbons (Fsp3) is 0.364. The Morgan fingerprint density at radius 1 is 1.00 bits per heavy atom. The van der Waals surface area contributed by atoms with E-state index in [4.69, 9.17) is 0 Å². The number of hydrogen-bond donors (Lipinski definition) is 0. The molecule has 1 atom stereocenters. The maximum Gasteiger partial charge on any atom is 0.260 e. The lowest BCUT2D eigenvalue weighted by atomic mass is 10.1. The van der Waals surface area contributed by atoms with E-state index in [9.17, 15) is 26.7 Å². The van der Waals surface area contributed by atoms with Crippen LogP contribution >= 0.6 is 15.9 Å². The second kappa shape index (κ2) is 5.07. The van der Waals surface area contributed by atoms with Crippen LogP contribution in [-0.4, -0.2) is 28.7 Å². The molecule has 1 amide bonds. The third-order valence-corrected chi connectivity index (χ3v) is 3.59. The molecule has 1 aliphatic heterocycles. The quantitative estimate of drug-likeness (QED) is 0.332. The van der Waals surface area contributed by atoms with Crippen LogP contribution < -0.4 is 0 Å². The number of hydrogen-bond acceptors (Lipinski definition) is 1. The first-order chi connectivity index (χ1) is 8.84. The van der Waals surface area contributed by atoms with Gasteiger partial charge in [0.1, 0.15) is 5.56 Å². The van der Waals surface area contributed by atoms with Crippen LogP contribution in [0.15, 0.2) is 0 Å². The SMILES string of the molecule is O=C(c1c(F)c(F)c(F)c(F)c1F)N1CCC(Br)C1. The van der Waals surface area contributed by atoms with E-state index in [-0.39, 0.29) is 17.9 Å². The van der Waals surface area contributed by atoms with Crippen molar-refractivity contribution in [2.75, 3.05) is 13.1 Å². The molecule has 2 nitrogen and oxygen atoms in total. The van der Waals surface area contributed by atoms with E-state index in [1.54, 1.807) is 0 Å². The molecule has 0 N–H and O–H groups in total. The summed E-state index contributed by atoms with van der Waals surface area (Å²) in [5, 5.41) is 0. The largest absolute Gasteiger partial charge is 0.337 e. The molecule has 0 aliphatic carbocycles. The molecular formula is C11H7BrF5NO. The lowest BCUT2D eigenvalue weighted by Gasteiger charge is -2.17. The monoisotopic (exact) mass is 343 g/mol. The summed E-state index contributed by atoms with van der Waals surface area (Å²) in [5.41, 5.74) is -1.40. The number of likely N-dealkylation sites (tertiary alicyclic amines) is 1. The zero-order valence-corrected chi connectivity index (χ0v) is 10.9. The summed E-state index contributed by atoms with van der Waals surface area (Å²) in [4.78, 5) is 12.8. The molecule has 0 spiro atoms. The predicted octanol–water partition coefficient (Wildman–Crippen LogP) is 2.99. The highest BCUT2D eigenvalue weighted by Gasteiger charge is 2.34. The van der Waals surface area contributed by atoms with Crippen molar-refractivity contribution < 1.29 is 26.7 Å². The van der Waals surface area contributed by atoms with Gasteiger partial charge in [-0.3, -0.25) is 4.79 Å². The van der Waals surface area contributed by atoms with E-state index in [0.29, 0.717) is 6.42 Å². The Balaban J connectivity index is 2.48. The molecule has 19 heavy (non-hydrogen) atoms. The number of nitrogens with zero attached hydrogens (tertiary/aromatic N) is 1. The van der Waals surface area contributed by atoms with Gasteiger partial charge in [-0.25, -0.2) is 22.0 Å². The number of amides is 1. The maximum absolute atomic E-state index is 13.4. The van der Waals surface area contributed by atoms with Gasteiger partial charge in [0, 0.05) is 17.9 Å². The Bertz CT molecular complexity index is 521. The standard InChI is InChI=1S/C11H7BrF5NO/c12-4-1-2-18(3-4)11(19)5-6(13)8(15)10(17)9(16)7(5)14/h4H,1-3H2. The summed E-state index contributed by atoms with van der Waals surface area (Å²) in [5.74, 6) is -11.9. The second-order valence-corrected chi connectivity index (χ2v) is 5.38. The summed E-state index contributed by atoms with van der Waals surface area (Å²) >= 11 is 3.21. The number of benzene rings is 1. The van der Waals surface area contributed by atoms with Crippen molar-refractivity contribution in [3.8, 4) is 0 Å². The van der Waals surface area contributed by atoms with Crippen LogP contribution in [-0.2, 0) is 0 Å². The Kier molecular flexibility index (Phi) is 3.80. The predicted molar refractivity (Wildman–Crippen MR) is 59.5 cm³/mol. The van der Waals surface area contributed by atoms with Crippen LogP contribution in [0.5, 0.6) is 0 Å². The summed E-state index contributed by atoms with van der Waals surface area (Å²) < 4.78 is 65.7. The first kappa shape index (κ1) is 14.2. The molecule has 1 aromatic carbocycles. The number of rotatable bonds is 1. The second-order valence-electron chi connectivity index (χ2n) is 4.08. The molecule has 1 saturated heterocycles. The van der Waals surface area contributed by atoms with Crippen molar-refractivity contribution in [2.45, 2.75) is 11.2 Å². The highest BCUT2D eigenvalue weighted by atomic mass is 79.9. The third-order valence-electron chi connectivity index (χ3n) is 2.84. The molecule has 0 bridgehead atoms. The van der Waals surface area contributed by atoms with Crippen LogP contribution in [0.2, 0.25) is 0 Å². The average Bonchev–Trinajstić information content (AvgIpc) is 2.81. The van der Waals surface area contributed by atoms with Gasteiger partial charge in [-0.2, -0.15) is 0 Å². The molecule has 1 aromatic rings. The van der Waals surface area contributed by atoms with Gasteiger partial charge in [-0.05, 0) is 6.42 Å². The smallest absolute Gasteiger partial charge is 0.260 e. The zero-order chi connectivity index (χ0) is 14.3. The Morgan fingerprint density at radius 3 is 1.89 bits per heavy atom. The zero-order valence-electron chi connectivity index (χ0n) is 9.32. The highest BCUT2D eigenvalue weighted by Crippen LogP contribution is 2.26. The molecule has 0 aromatic heterocycles. The first-order valence-electron chi connectivity index (χ1n) is 5.29. The van der Waals surface area contributed by atoms with Crippen LogP contribution in [0.1, 0.15) is 16.8 Å². The summed E-state index contributed by atoms with van der Waals surface area (Å²) in [6.07, 6.45) is 0.543. The van der Waals surface area contributed by atoms with Gasteiger partial charge in [-0.15, -0.1) is 0 Å². The van der Waals surface area contributed by atoms with Crippen molar-refractivity contribution in [3.63, 3.8) is 0 Å². The molecular weight excluding hydrogens is 337 g/mol. The lowest BCUT2D eigenvalue weighted by molar-refractivity contribution is 0.0780. The average molecular weight is 344 g/mol. The van der Waals surface area contributed by atoms with Crippen molar-refractivity contribution >= 4 is 21.8 Å². The van der Waals surface area contributed by atoms with E-state index in [0.717, 1.165) is 4.90 Å². The molecule has 1 aliphatic rings. The van der Waals surface area contributed by atoms with Crippen molar-refractivity contribution in [1.29, 1.82) is 0 Å². The molecule has 0 saturated carbocycles. The highest BCUT2D eigenvalue weighted by molar-refractivity contribution is 9.09. The van der Waals surface area contributed by atoms with E-state index in [1.807, 2.05) is 0 Å². The molecule has 104 valence electrons. The topological polar surface area (TPSA) is 20.3 Å². The fourth-order valence-corrected chi connectivity index (χ4v) is 2.41. The fourth-order valence-electron chi connectivity index (χ4n) is 1.85. The summed E-state index contributed by atoms with van der Waals surface area (Å²) in [6, 6.07) is 0. The van der Waals surface area contributed by atoms with E-state index < -0.39 is 40.6 Å². The maximum atomic E-state index is 13.4. The Labute approximate surface area is 113 Å². The van der Waals surface area contributed by atoms with E-state index in [1.165, 1.54) is 0 Å². The lowest BCUT2D eigenvalue weighted by Crippen LogP contribution is -2.31. The van der Waals surface area contributed by atoms with Gasteiger partial charge in [0.05, 0.1) is 0 Å². The van der Waals surface area contributed by atoms with Crippen molar-refractivity contribution in [2.24, 2.45) is 0 Å². The van der Waals surface area contributed by atoms with Crippen molar-refractivity contribution in [1.82, 2.24) is 4.90 Å². The number of halogens is 6. The van der Waals surface area contributed by atoms with Crippen LogP contribution in [0.4, 0.5) is 22.0 Å². The molecule has 0 radical (unpaired) electrons. The minimum atomic E-state index is -2.27. The number of carbonyl (C=O) groups excluding carboxylic acids is 1. The molecule has 8 heteroatoms. The minimum absolute atomic E-state index is 0.0577. The third kappa shape index (κ3) is 2.33. The number of alkyl halides is 1. The molecule has 1 fully saturated rings. The minimum Gasteiger partial charge on any atom is -0.337 e. The van der Waals surface area contributed by atoms with Crippen LogP contribution in [0, 0.1) is 29.1 Å². The summed E-state index contributed by atoms with van der Waals surface area (Å²) in [6.45, 7) is 0.340. The number of carbonyl (C=O) groups is 1. The van der Waals surface area contributed by atoms with E-state index in [2.05, 4.69) is 15.9 Å². The Hall–Kier alpha value is -1.18. The van der Waals surface area contributed by atoms with Gasteiger partial charge in [0.2, 0.25) is 5.82 Å². The molecule has 1 heterocycles. The van der Waals surface area contributed by atoms with Crippen LogP contribution in [0.3, 0.4) is 0 Å². The van der Waals surface area contributed by atoms with Gasteiger partial charge in [0.15, 0.2) is 23.3 Å². The summed E-state index contributed by atoms with van der Waals surface area (Å²) in [7, 11) is 0. The van der Waals surface area contributed by atoms with Gasteiger partial charge in [-0.1, -0.05) is 15.9 Å². The molecule has 1 unspecified atom stereocenters. The van der Waals surface area contributed by atoms with Crippen molar-refractivity contribution in [3.05, 3.63) is 34.6 Å².